The van der Waals surface area contributed by atoms with Gasteiger partial charge in [-0.2, -0.15) is 0 Å². The number of rotatable bonds is 1. The van der Waals surface area contributed by atoms with Crippen LogP contribution in [0.1, 0.15) is 12.7 Å². The molecule has 0 radical (unpaired) electrons. The third-order valence-electron chi connectivity index (χ3n) is 1.32. The molecule has 1 aromatic rings. The SMILES string of the molecule is CCOC(=O)n1cc(Cl)nc1C. The van der Waals surface area contributed by atoms with Crippen molar-refractivity contribution in [3.63, 3.8) is 0 Å². The van der Waals surface area contributed by atoms with Gasteiger partial charge in [0, 0.05) is 0 Å². The zero-order valence-corrected chi connectivity index (χ0v) is 7.63. The van der Waals surface area contributed by atoms with Gasteiger partial charge in [-0.1, -0.05) is 11.6 Å². The second-order valence-electron chi connectivity index (χ2n) is 2.18. The van der Waals surface area contributed by atoms with Crippen molar-refractivity contribution in [3.05, 3.63) is 17.2 Å². The average Bonchev–Trinajstić information content (AvgIpc) is 2.30. The van der Waals surface area contributed by atoms with Gasteiger partial charge in [-0.05, 0) is 13.8 Å². The van der Waals surface area contributed by atoms with Gasteiger partial charge in [0.25, 0.3) is 0 Å². The number of ether oxygens (including phenoxy) is 1. The Kier molecular flexibility index (Phi) is 2.70. The molecule has 0 fully saturated rings. The van der Waals surface area contributed by atoms with E-state index in [2.05, 4.69) is 4.98 Å². The van der Waals surface area contributed by atoms with E-state index < -0.39 is 6.09 Å². The van der Waals surface area contributed by atoms with Crippen LogP contribution >= 0.6 is 11.6 Å². The van der Waals surface area contributed by atoms with E-state index in [0.29, 0.717) is 17.6 Å². The summed E-state index contributed by atoms with van der Waals surface area (Å²) in [6.45, 7) is 3.77. The molecule has 0 aliphatic carbocycles. The normalized spacial score (nSPS) is 9.92. The number of aryl methyl sites for hydroxylation is 1. The van der Waals surface area contributed by atoms with Crippen LogP contribution in [0.3, 0.4) is 0 Å². The van der Waals surface area contributed by atoms with Crippen molar-refractivity contribution in [3.8, 4) is 0 Å². The number of halogens is 1. The molecule has 0 aromatic carbocycles. The van der Waals surface area contributed by atoms with Gasteiger partial charge in [-0.25, -0.2) is 14.3 Å². The van der Waals surface area contributed by atoms with E-state index in [9.17, 15) is 4.79 Å². The predicted octanol–water partition coefficient (Wildman–Crippen LogP) is 1.85. The number of carbonyl (C=O) groups is 1. The number of carbonyl (C=O) groups excluding carboxylic acids is 1. The van der Waals surface area contributed by atoms with Crippen molar-refractivity contribution in [2.75, 3.05) is 6.61 Å². The Morgan fingerprint density at radius 3 is 2.92 bits per heavy atom. The highest BCUT2D eigenvalue weighted by atomic mass is 35.5. The third kappa shape index (κ3) is 1.76. The van der Waals surface area contributed by atoms with Crippen LogP contribution in [-0.4, -0.2) is 22.3 Å². The van der Waals surface area contributed by atoms with Crippen LogP contribution < -0.4 is 0 Å². The number of nitrogens with zero attached hydrogens (tertiary/aromatic N) is 2. The fourth-order valence-electron chi connectivity index (χ4n) is 0.815. The Labute approximate surface area is 75.1 Å². The smallest absolute Gasteiger partial charge is 0.419 e. The summed E-state index contributed by atoms with van der Waals surface area (Å²) in [5, 5.41) is 0.292. The molecule has 66 valence electrons. The van der Waals surface area contributed by atoms with Gasteiger partial charge in [0.05, 0.1) is 12.8 Å². The molecule has 0 saturated heterocycles. The molecule has 0 aliphatic heterocycles. The van der Waals surface area contributed by atoms with Gasteiger partial charge in [0.15, 0.2) is 0 Å². The quantitative estimate of drug-likeness (QED) is 0.676. The Morgan fingerprint density at radius 2 is 2.50 bits per heavy atom. The van der Waals surface area contributed by atoms with Crippen molar-refractivity contribution >= 4 is 17.7 Å². The third-order valence-corrected chi connectivity index (χ3v) is 1.50. The molecule has 0 bridgehead atoms. The minimum Gasteiger partial charge on any atom is -0.449 e. The van der Waals surface area contributed by atoms with Crippen LogP contribution in [0.4, 0.5) is 4.79 Å². The molecule has 5 heteroatoms. The minimum absolute atomic E-state index is 0.292. The van der Waals surface area contributed by atoms with Crippen molar-refractivity contribution in [2.24, 2.45) is 0 Å². The summed E-state index contributed by atoms with van der Waals surface area (Å²) in [7, 11) is 0. The van der Waals surface area contributed by atoms with E-state index in [4.69, 9.17) is 16.3 Å². The maximum Gasteiger partial charge on any atom is 0.419 e. The Balaban J connectivity index is 2.87. The molecular weight excluding hydrogens is 180 g/mol. The van der Waals surface area contributed by atoms with E-state index >= 15 is 0 Å². The highest BCUT2D eigenvalue weighted by molar-refractivity contribution is 6.29. The molecule has 1 heterocycles. The lowest BCUT2D eigenvalue weighted by atomic mass is 10.7. The first kappa shape index (κ1) is 9.06. The summed E-state index contributed by atoms with van der Waals surface area (Å²) < 4.78 is 6.02. The molecule has 1 rings (SSSR count). The van der Waals surface area contributed by atoms with Crippen molar-refractivity contribution < 1.29 is 9.53 Å². The topological polar surface area (TPSA) is 44.1 Å². The lowest BCUT2D eigenvalue weighted by molar-refractivity contribution is 0.153. The standard InChI is InChI=1S/C7H9ClN2O2/c1-3-12-7(11)10-4-6(8)9-5(10)2/h4H,3H2,1-2H3. The summed E-state index contributed by atoms with van der Waals surface area (Å²) in [6.07, 6.45) is 0.976. The molecule has 0 unspecified atom stereocenters. The molecule has 0 amide bonds. The highest BCUT2D eigenvalue weighted by Crippen LogP contribution is 2.07. The van der Waals surface area contributed by atoms with E-state index in [-0.39, 0.29) is 0 Å². The van der Waals surface area contributed by atoms with Crippen LogP contribution in [0.5, 0.6) is 0 Å². The summed E-state index contributed by atoms with van der Waals surface area (Å²) in [6, 6.07) is 0. The van der Waals surface area contributed by atoms with Crippen molar-refractivity contribution in [2.45, 2.75) is 13.8 Å². The minimum atomic E-state index is -0.450. The first-order chi connectivity index (χ1) is 5.65. The van der Waals surface area contributed by atoms with E-state index in [0.717, 1.165) is 0 Å². The zero-order chi connectivity index (χ0) is 9.14. The molecule has 1 aromatic heterocycles. The maximum atomic E-state index is 11.1. The lowest BCUT2D eigenvalue weighted by Crippen LogP contribution is -2.13. The average molecular weight is 189 g/mol. The summed E-state index contributed by atoms with van der Waals surface area (Å²) >= 11 is 5.57. The molecule has 0 N–H and O–H groups in total. The second kappa shape index (κ2) is 3.58. The zero-order valence-electron chi connectivity index (χ0n) is 6.87. The predicted molar refractivity (Wildman–Crippen MR) is 44.4 cm³/mol. The Hall–Kier alpha value is -1.03. The fraction of sp³-hybridized carbons (Fsp3) is 0.429. The largest absolute Gasteiger partial charge is 0.449 e. The van der Waals surface area contributed by atoms with Gasteiger partial charge in [-0.3, -0.25) is 0 Å². The highest BCUT2D eigenvalue weighted by Gasteiger charge is 2.09. The number of aromatic nitrogens is 2. The van der Waals surface area contributed by atoms with E-state index in [1.54, 1.807) is 13.8 Å². The van der Waals surface area contributed by atoms with E-state index in [1.165, 1.54) is 10.8 Å². The molecular formula is C7H9ClN2O2. The van der Waals surface area contributed by atoms with Gasteiger partial charge in [0.2, 0.25) is 0 Å². The molecule has 0 saturated carbocycles. The molecule has 0 spiro atoms. The van der Waals surface area contributed by atoms with Crippen molar-refractivity contribution in [1.82, 2.24) is 9.55 Å². The van der Waals surface area contributed by atoms with Crippen LogP contribution in [0, 0.1) is 6.92 Å². The maximum absolute atomic E-state index is 11.1. The monoisotopic (exact) mass is 188 g/mol. The molecule has 12 heavy (non-hydrogen) atoms. The molecule has 0 atom stereocenters. The molecule has 0 aliphatic rings. The summed E-state index contributed by atoms with van der Waals surface area (Å²) in [5.74, 6) is 0.526. The van der Waals surface area contributed by atoms with Gasteiger partial charge in [-0.15, -0.1) is 0 Å². The lowest BCUT2D eigenvalue weighted by Gasteiger charge is -2.01. The van der Waals surface area contributed by atoms with Crippen molar-refractivity contribution in [1.29, 1.82) is 0 Å². The number of hydrogen-bond donors (Lipinski definition) is 0. The summed E-state index contributed by atoms with van der Waals surface area (Å²) in [5.41, 5.74) is 0. The van der Waals surface area contributed by atoms with Gasteiger partial charge >= 0.3 is 6.09 Å². The van der Waals surface area contributed by atoms with E-state index in [1.807, 2.05) is 0 Å². The number of hydrogen-bond acceptors (Lipinski definition) is 3. The van der Waals surface area contributed by atoms with Crippen LogP contribution in [0.2, 0.25) is 5.15 Å². The second-order valence-corrected chi connectivity index (χ2v) is 2.57. The summed E-state index contributed by atoms with van der Waals surface area (Å²) in [4.78, 5) is 15.0. The van der Waals surface area contributed by atoms with Crippen LogP contribution in [0.25, 0.3) is 0 Å². The first-order valence-corrected chi connectivity index (χ1v) is 3.91. The van der Waals surface area contributed by atoms with Gasteiger partial charge < -0.3 is 4.74 Å². The fourth-order valence-corrected chi connectivity index (χ4v) is 1.03. The molecule has 4 nitrogen and oxygen atoms in total. The van der Waals surface area contributed by atoms with Crippen LogP contribution in [-0.2, 0) is 4.74 Å². The Morgan fingerprint density at radius 1 is 1.83 bits per heavy atom. The van der Waals surface area contributed by atoms with Gasteiger partial charge in [0.1, 0.15) is 11.0 Å². The first-order valence-electron chi connectivity index (χ1n) is 3.53. The number of imidazole rings is 1. The Bertz CT molecular complexity index is 296. The van der Waals surface area contributed by atoms with Crippen LogP contribution in [0.15, 0.2) is 6.20 Å².